The highest BCUT2D eigenvalue weighted by Gasteiger charge is 2.25. The van der Waals surface area contributed by atoms with Gasteiger partial charge in [-0.1, -0.05) is 30.3 Å². The number of rotatable bonds is 6. The molecule has 7 nitrogen and oxygen atoms in total. The Morgan fingerprint density at radius 3 is 2.21 bits per heavy atom. The summed E-state index contributed by atoms with van der Waals surface area (Å²) in [5.74, 6) is -0.846. The molecule has 2 aromatic rings. The zero-order chi connectivity index (χ0) is 19.9. The van der Waals surface area contributed by atoms with Crippen molar-refractivity contribution in [3.63, 3.8) is 0 Å². The first-order valence-corrected chi connectivity index (χ1v) is 9.33. The second-order valence-electron chi connectivity index (χ2n) is 6.82. The van der Waals surface area contributed by atoms with E-state index in [1.54, 1.807) is 29.2 Å². The van der Waals surface area contributed by atoms with Gasteiger partial charge in [-0.05, 0) is 42.7 Å². The zero-order valence-corrected chi connectivity index (χ0v) is 15.6. The minimum Gasteiger partial charge on any atom is -0.366 e. The lowest BCUT2D eigenvalue weighted by atomic mass is 10.1. The van der Waals surface area contributed by atoms with Gasteiger partial charge in [0, 0.05) is 30.8 Å². The molecule has 1 atom stereocenters. The van der Waals surface area contributed by atoms with Gasteiger partial charge in [-0.2, -0.15) is 0 Å². The van der Waals surface area contributed by atoms with Gasteiger partial charge in [-0.25, -0.2) is 4.79 Å². The fraction of sp³-hybridized carbons (Fsp3) is 0.286. The number of anilines is 1. The first-order valence-electron chi connectivity index (χ1n) is 9.33. The number of carbonyl (C=O) groups excluding carboxylic acids is 3. The fourth-order valence-corrected chi connectivity index (χ4v) is 3.17. The SMILES string of the molecule is NC(=O)c1ccc(NC(=O)C(Cc2ccccc2)NC(=O)N2CCCC2)cc1. The van der Waals surface area contributed by atoms with Crippen LogP contribution in [-0.4, -0.2) is 41.9 Å². The number of nitrogens with zero attached hydrogens (tertiary/aromatic N) is 1. The van der Waals surface area contributed by atoms with Crippen LogP contribution in [0.25, 0.3) is 0 Å². The summed E-state index contributed by atoms with van der Waals surface area (Å²) < 4.78 is 0. The standard InChI is InChI=1S/C21H24N4O3/c22-19(26)16-8-10-17(11-9-16)23-20(27)18(14-15-6-2-1-3-7-15)24-21(28)25-12-4-5-13-25/h1-3,6-11,18H,4-5,12-14H2,(H2,22,26)(H,23,27)(H,24,28). The Balaban J connectivity index is 1.71. The molecular formula is C21H24N4O3. The third kappa shape index (κ3) is 5.09. The van der Waals surface area contributed by atoms with Crippen molar-refractivity contribution in [2.75, 3.05) is 18.4 Å². The predicted octanol–water partition coefficient (Wildman–Crippen LogP) is 2.14. The monoisotopic (exact) mass is 380 g/mol. The highest BCUT2D eigenvalue weighted by molar-refractivity contribution is 5.98. The van der Waals surface area contributed by atoms with Crippen molar-refractivity contribution in [2.45, 2.75) is 25.3 Å². The van der Waals surface area contributed by atoms with Crippen LogP contribution >= 0.6 is 0 Å². The van der Waals surface area contributed by atoms with E-state index in [0.717, 1.165) is 18.4 Å². The average molecular weight is 380 g/mol. The molecule has 3 rings (SSSR count). The minimum atomic E-state index is -0.716. The zero-order valence-electron chi connectivity index (χ0n) is 15.6. The maximum Gasteiger partial charge on any atom is 0.318 e. The van der Waals surface area contributed by atoms with Crippen LogP contribution < -0.4 is 16.4 Å². The number of primary amides is 1. The summed E-state index contributed by atoms with van der Waals surface area (Å²) in [5.41, 5.74) is 7.08. The van der Waals surface area contributed by atoms with E-state index in [2.05, 4.69) is 10.6 Å². The molecule has 0 aromatic heterocycles. The minimum absolute atomic E-state index is 0.224. The molecule has 0 saturated carbocycles. The molecular weight excluding hydrogens is 356 g/mol. The van der Waals surface area contributed by atoms with Crippen LogP contribution in [-0.2, 0) is 11.2 Å². The van der Waals surface area contributed by atoms with Gasteiger partial charge in [0.25, 0.3) is 0 Å². The van der Waals surface area contributed by atoms with Crippen molar-refractivity contribution < 1.29 is 14.4 Å². The van der Waals surface area contributed by atoms with Crippen LogP contribution in [0, 0.1) is 0 Å². The van der Waals surface area contributed by atoms with E-state index in [0.29, 0.717) is 30.8 Å². The number of nitrogens with one attached hydrogen (secondary N) is 2. The Morgan fingerprint density at radius 2 is 1.61 bits per heavy atom. The topological polar surface area (TPSA) is 105 Å². The number of hydrogen-bond donors (Lipinski definition) is 3. The smallest absolute Gasteiger partial charge is 0.318 e. The number of nitrogens with two attached hydrogens (primary N) is 1. The molecule has 28 heavy (non-hydrogen) atoms. The molecule has 1 saturated heterocycles. The molecule has 0 aliphatic carbocycles. The second-order valence-corrected chi connectivity index (χ2v) is 6.82. The van der Waals surface area contributed by atoms with Crippen LogP contribution in [0.15, 0.2) is 54.6 Å². The van der Waals surface area contributed by atoms with E-state index < -0.39 is 11.9 Å². The van der Waals surface area contributed by atoms with E-state index in [9.17, 15) is 14.4 Å². The van der Waals surface area contributed by atoms with E-state index in [1.807, 2.05) is 30.3 Å². The van der Waals surface area contributed by atoms with Crippen molar-refractivity contribution >= 4 is 23.5 Å². The summed E-state index contributed by atoms with van der Waals surface area (Å²) in [6.45, 7) is 1.42. The molecule has 0 spiro atoms. The summed E-state index contributed by atoms with van der Waals surface area (Å²) >= 11 is 0. The first-order chi connectivity index (χ1) is 13.5. The van der Waals surface area contributed by atoms with Crippen LogP contribution in [0.4, 0.5) is 10.5 Å². The molecule has 0 bridgehead atoms. The van der Waals surface area contributed by atoms with Crippen molar-refractivity contribution in [3.05, 3.63) is 65.7 Å². The van der Waals surface area contributed by atoms with Gasteiger partial charge in [-0.15, -0.1) is 0 Å². The van der Waals surface area contributed by atoms with Crippen molar-refractivity contribution in [1.29, 1.82) is 0 Å². The number of hydrogen-bond acceptors (Lipinski definition) is 3. The van der Waals surface area contributed by atoms with Gasteiger partial charge in [0.2, 0.25) is 11.8 Å². The van der Waals surface area contributed by atoms with Gasteiger partial charge in [-0.3, -0.25) is 9.59 Å². The third-order valence-corrected chi connectivity index (χ3v) is 4.73. The van der Waals surface area contributed by atoms with E-state index in [1.165, 1.54) is 0 Å². The quantitative estimate of drug-likeness (QED) is 0.715. The van der Waals surface area contributed by atoms with Crippen molar-refractivity contribution in [3.8, 4) is 0 Å². The number of carbonyl (C=O) groups is 3. The molecule has 7 heteroatoms. The Kier molecular flexibility index (Phi) is 6.26. The number of urea groups is 1. The van der Waals surface area contributed by atoms with E-state index in [4.69, 9.17) is 5.73 Å². The molecule has 0 radical (unpaired) electrons. The largest absolute Gasteiger partial charge is 0.366 e. The molecule has 1 aliphatic rings. The summed E-state index contributed by atoms with van der Waals surface area (Å²) in [6.07, 6.45) is 2.34. The Hall–Kier alpha value is -3.35. The van der Waals surface area contributed by atoms with Gasteiger partial charge < -0.3 is 21.3 Å². The number of benzene rings is 2. The maximum absolute atomic E-state index is 12.9. The molecule has 1 aliphatic heterocycles. The Bertz CT molecular complexity index is 830. The normalized spacial score (nSPS) is 14.4. The van der Waals surface area contributed by atoms with Gasteiger partial charge in [0.1, 0.15) is 6.04 Å². The fourth-order valence-electron chi connectivity index (χ4n) is 3.17. The van der Waals surface area contributed by atoms with Crippen molar-refractivity contribution in [1.82, 2.24) is 10.2 Å². The van der Waals surface area contributed by atoms with E-state index >= 15 is 0 Å². The molecule has 1 unspecified atom stereocenters. The highest BCUT2D eigenvalue weighted by Crippen LogP contribution is 2.13. The van der Waals surface area contributed by atoms with Gasteiger partial charge in [0.15, 0.2) is 0 Å². The second kappa shape index (κ2) is 9.03. The Morgan fingerprint density at radius 1 is 0.964 bits per heavy atom. The van der Waals surface area contributed by atoms with Crippen LogP contribution in [0.2, 0.25) is 0 Å². The summed E-state index contributed by atoms with van der Waals surface area (Å²) in [4.78, 5) is 38.3. The first kappa shape index (κ1) is 19.4. The number of likely N-dealkylation sites (tertiary alicyclic amines) is 1. The predicted molar refractivity (Wildman–Crippen MR) is 107 cm³/mol. The number of amides is 4. The van der Waals surface area contributed by atoms with Gasteiger partial charge in [0.05, 0.1) is 0 Å². The summed E-state index contributed by atoms with van der Waals surface area (Å²) in [5, 5.41) is 5.66. The molecule has 4 N–H and O–H groups in total. The van der Waals surface area contributed by atoms with Crippen molar-refractivity contribution in [2.24, 2.45) is 5.73 Å². The lowest BCUT2D eigenvalue weighted by Crippen LogP contribution is -2.49. The summed E-state index contributed by atoms with van der Waals surface area (Å²) in [7, 11) is 0. The highest BCUT2D eigenvalue weighted by atomic mass is 16.2. The lowest BCUT2D eigenvalue weighted by molar-refractivity contribution is -0.118. The molecule has 2 aromatic carbocycles. The Labute approximate surface area is 163 Å². The van der Waals surface area contributed by atoms with E-state index in [-0.39, 0.29) is 11.9 Å². The lowest BCUT2D eigenvalue weighted by Gasteiger charge is -2.23. The van der Waals surface area contributed by atoms with Gasteiger partial charge >= 0.3 is 6.03 Å². The molecule has 1 heterocycles. The van der Waals surface area contributed by atoms with Crippen LogP contribution in [0.5, 0.6) is 0 Å². The summed E-state index contributed by atoms with van der Waals surface area (Å²) in [6, 6.07) is 14.9. The maximum atomic E-state index is 12.9. The molecule has 4 amide bonds. The van der Waals surface area contributed by atoms with Crippen LogP contribution in [0.1, 0.15) is 28.8 Å². The average Bonchev–Trinajstić information content (AvgIpc) is 3.23. The molecule has 146 valence electrons. The third-order valence-electron chi connectivity index (χ3n) is 4.73. The van der Waals surface area contributed by atoms with Crippen LogP contribution in [0.3, 0.4) is 0 Å². The molecule has 1 fully saturated rings.